The number of aryl methyl sites for hydroxylation is 1. The molecule has 0 unspecified atom stereocenters. The molecule has 0 aliphatic rings. The maximum absolute atomic E-state index is 13.2. The Kier molecular flexibility index (Phi) is 6.29. The lowest BCUT2D eigenvalue weighted by molar-refractivity contribution is 0.102. The molecule has 9 heteroatoms. The van der Waals surface area contributed by atoms with Crippen LogP contribution in [0.4, 0.5) is 10.3 Å². The van der Waals surface area contributed by atoms with Crippen LogP contribution in [0.5, 0.6) is 5.75 Å². The number of anilines is 1. The van der Waals surface area contributed by atoms with E-state index in [1.807, 2.05) is 36.6 Å². The third-order valence-corrected chi connectivity index (χ3v) is 5.71. The van der Waals surface area contributed by atoms with Crippen molar-refractivity contribution >= 4 is 34.8 Å². The smallest absolute Gasteiger partial charge is 0.268 e. The zero-order valence-electron chi connectivity index (χ0n) is 16.5. The minimum atomic E-state index is -0.403. The predicted octanol–water partition coefficient (Wildman–Crippen LogP) is 5.32. The monoisotopic (exact) mass is 456 g/mol. The van der Waals surface area contributed by atoms with Gasteiger partial charge in [0.05, 0.1) is 11.4 Å². The highest BCUT2D eigenvalue weighted by molar-refractivity contribution is 7.12. The number of carbonyl (C=O) groups is 1. The molecule has 6 nitrogen and oxygen atoms in total. The number of nitrogens with zero attached hydrogens (tertiary/aromatic N) is 3. The van der Waals surface area contributed by atoms with Crippen LogP contribution >= 0.6 is 22.9 Å². The zero-order chi connectivity index (χ0) is 21.8. The normalized spacial score (nSPS) is 10.8. The lowest BCUT2D eigenvalue weighted by Crippen LogP contribution is -2.12. The number of nitrogens with one attached hydrogen (secondary N) is 1. The van der Waals surface area contributed by atoms with Crippen LogP contribution in [0.2, 0.25) is 5.02 Å². The van der Waals surface area contributed by atoms with Crippen LogP contribution in [0.15, 0.2) is 60.2 Å². The van der Waals surface area contributed by atoms with E-state index in [4.69, 9.17) is 16.3 Å². The highest BCUT2D eigenvalue weighted by Gasteiger charge is 2.13. The zero-order valence-corrected chi connectivity index (χ0v) is 18.1. The second kappa shape index (κ2) is 9.28. The molecule has 31 heavy (non-hydrogen) atoms. The number of aromatic nitrogens is 3. The van der Waals surface area contributed by atoms with Crippen molar-refractivity contribution in [2.24, 2.45) is 0 Å². The Morgan fingerprint density at radius 2 is 2.13 bits per heavy atom. The summed E-state index contributed by atoms with van der Waals surface area (Å²) in [4.78, 5) is 17.1. The third-order valence-electron chi connectivity index (χ3n) is 4.38. The summed E-state index contributed by atoms with van der Waals surface area (Å²) in [5, 5.41) is 9.09. The summed E-state index contributed by atoms with van der Waals surface area (Å²) in [6.07, 6.45) is 1.48. The molecule has 2 heterocycles. The molecule has 1 N–H and O–H groups in total. The van der Waals surface area contributed by atoms with Crippen molar-refractivity contribution in [2.45, 2.75) is 20.1 Å². The van der Waals surface area contributed by atoms with Gasteiger partial charge in [-0.2, -0.15) is 0 Å². The Labute approximate surface area is 187 Å². The molecule has 0 saturated carbocycles. The molecule has 0 spiro atoms. The van der Waals surface area contributed by atoms with Crippen LogP contribution in [-0.2, 0) is 13.2 Å². The molecule has 4 rings (SSSR count). The number of hydrogen-bond acceptors (Lipinski definition) is 5. The molecule has 2 aromatic heterocycles. The van der Waals surface area contributed by atoms with Crippen molar-refractivity contribution in [3.8, 4) is 5.75 Å². The van der Waals surface area contributed by atoms with Crippen molar-refractivity contribution < 1.29 is 13.9 Å². The van der Waals surface area contributed by atoms with E-state index in [2.05, 4.69) is 15.4 Å². The summed E-state index contributed by atoms with van der Waals surface area (Å²) in [5.74, 6) is 0.256. The second-order valence-corrected chi connectivity index (χ2v) is 8.20. The van der Waals surface area contributed by atoms with Crippen molar-refractivity contribution in [1.29, 1.82) is 0 Å². The first-order valence-electron chi connectivity index (χ1n) is 9.38. The first kappa shape index (κ1) is 21.0. The molecule has 0 bridgehead atoms. The molecule has 158 valence electrons. The molecule has 1 amide bonds. The first-order valence-corrected chi connectivity index (χ1v) is 10.6. The van der Waals surface area contributed by atoms with Crippen molar-refractivity contribution in [3.05, 3.63) is 92.6 Å². The van der Waals surface area contributed by atoms with Crippen LogP contribution in [-0.4, -0.2) is 20.7 Å². The predicted molar refractivity (Wildman–Crippen MR) is 118 cm³/mol. The molecule has 0 aliphatic carbocycles. The SMILES string of the molecule is Cc1cccc(OCc2csc(C(=O)Nc3ncn(Cc4ccc(F)cc4Cl)n3)c2)c1. The largest absolute Gasteiger partial charge is 0.489 e. The van der Waals surface area contributed by atoms with Crippen LogP contribution in [0.25, 0.3) is 0 Å². The number of ether oxygens (including phenoxy) is 1. The fraction of sp³-hybridized carbons (Fsp3) is 0.136. The molecule has 4 aromatic rings. The number of amides is 1. The molecule has 0 fully saturated rings. The maximum Gasteiger partial charge on any atom is 0.268 e. The van der Waals surface area contributed by atoms with E-state index in [0.717, 1.165) is 16.9 Å². The van der Waals surface area contributed by atoms with Crippen LogP contribution in [0, 0.1) is 12.7 Å². The lowest BCUT2D eigenvalue weighted by atomic mass is 10.2. The number of carbonyl (C=O) groups excluding carboxylic acids is 1. The van der Waals surface area contributed by atoms with E-state index in [1.165, 1.54) is 34.5 Å². The number of benzene rings is 2. The second-order valence-electron chi connectivity index (χ2n) is 6.88. The lowest BCUT2D eigenvalue weighted by Gasteiger charge is -2.05. The Hall–Kier alpha value is -3.23. The molecule has 0 atom stereocenters. The fourth-order valence-corrected chi connectivity index (χ4v) is 3.88. The van der Waals surface area contributed by atoms with E-state index in [9.17, 15) is 9.18 Å². The van der Waals surface area contributed by atoms with Gasteiger partial charge in [-0.05, 0) is 53.8 Å². The highest BCUT2D eigenvalue weighted by Crippen LogP contribution is 2.20. The van der Waals surface area contributed by atoms with Gasteiger partial charge >= 0.3 is 0 Å². The third kappa shape index (κ3) is 5.48. The Bertz CT molecular complexity index is 1220. The summed E-state index contributed by atoms with van der Waals surface area (Å²) in [5.41, 5.74) is 2.72. The van der Waals surface area contributed by atoms with Crippen LogP contribution < -0.4 is 10.1 Å². The van der Waals surface area contributed by atoms with Crippen molar-refractivity contribution in [3.63, 3.8) is 0 Å². The van der Waals surface area contributed by atoms with E-state index in [-0.39, 0.29) is 11.9 Å². The van der Waals surface area contributed by atoms with E-state index >= 15 is 0 Å². The van der Waals surface area contributed by atoms with E-state index in [1.54, 1.807) is 12.1 Å². The molecular formula is C22H18ClFN4O2S. The Morgan fingerprint density at radius 1 is 1.26 bits per heavy atom. The first-order chi connectivity index (χ1) is 15.0. The van der Waals surface area contributed by atoms with Gasteiger partial charge in [0.15, 0.2) is 0 Å². The molecular weight excluding hydrogens is 439 g/mol. The van der Waals surface area contributed by atoms with Gasteiger partial charge < -0.3 is 4.74 Å². The summed E-state index contributed by atoms with van der Waals surface area (Å²) in [6, 6.07) is 13.7. The average molecular weight is 457 g/mol. The van der Waals surface area contributed by atoms with Gasteiger partial charge in [0.25, 0.3) is 5.91 Å². The minimum absolute atomic E-state index is 0.175. The van der Waals surface area contributed by atoms with Gasteiger partial charge in [0.2, 0.25) is 5.95 Å². The number of halogens is 2. The summed E-state index contributed by atoms with van der Waals surface area (Å²) in [7, 11) is 0. The van der Waals surface area contributed by atoms with Crippen molar-refractivity contribution in [2.75, 3.05) is 5.32 Å². The number of hydrogen-bond donors (Lipinski definition) is 1. The Balaban J connectivity index is 1.34. The molecule has 0 aliphatic heterocycles. The average Bonchev–Trinajstić information content (AvgIpc) is 3.38. The van der Waals surface area contributed by atoms with Gasteiger partial charge in [0.1, 0.15) is 24.5 Å². The van der Waals surface area contributed by atoms with Gasteiger partial charge in [0, 0.05) is 10.6 Å². The minimum Gasteiger partial charge on any atom is -0.489 e. The topological polar surface area (TPSA) is 69.0 Å². The van der Waals surface area contributed by atoms with E-state index < -0.39 is 5.82 Å². The van der Waals surface area contributed by atoms with Gasteiger partial charge in [-0.1, -0.05) is 29.8 Å². The number of rotatable bonds is 7. The van der Waals surface area contributed by atoms with Gasteiger partial charge in [-0.15, -0.1) is 16.4 Å². The Morgan fingerprint density at radius 3 is 2.94 bits per heavy atom. The quantitative estimate of drug-likeness (QED) is 0.408. The van der Waals surface area contributed by atoms with Crippen LogP contribution in [0.3, 0.4) is 0 Å². The highest BCUT2D eigenvalue weighted by atomic mass is 35.5. The van der Waals surface area contributed by atoms with Crippen LogP contribution in [0.1, 0.15) is 26.4 Å². The molecule has 2 aromatic carbocycles. The summed E-state index contributed by atoms with van der Waals surface area (Å²) < 4.78 is 20.5. The molecule has 0 saturated heterocycles. The maximum atomic E-state index is 13.2. The van der Waals surface area contributed by atoms with Crippen molar-refractivity contribution in [1.82, 2.24) is 14.8 Å². The van der Waals surface area contributed by atoms with Gasteiger partial charge in [-0.25, -0.2) is 14.1 Å². The molecule has 0 radical (unpaired) electrons. The standard InChI is InChI=1S/C22H18ClFN4O2S/c1-14-3-2-4-18(7-14)30-11-15-8-20(31-12-15)21(29)26-22-25-13-28(27-22)10-16-5-6-17(24)9-19(16)23/h2-9,12-13H,10-11H2,1H3,(H,26,27,29). The van der Waals surface area contributed by atoms with Gasteiger partial charge in [-0.3, -0.25) is 10.1 Å². The summed E-state index contributed by atoms with van der Waals surface area (Å²) in [6.45, 7) is 2.68. The summed E-state index contributed by atoms with van der Waals surface area (Å²) >= 11 is 7.37. The number of thiophene rings is 1. The van der Waals surface area contributed by atoms with E-state index in [0.29, 0.717) is 28.6 Å². The fourth-order valence-electron chi connectivity index (χ4n) is 2.86.